The third-order valence-corrected chi connectivity index (χ3v) is 2.34. The molecule has 0 aliphatic heterocycles. The molecule has 20 heavy (non-hydrogen) atoms. The van der Waals surface area contributed by atoms with Crippen LogP contribution in [0.25, 0.3) is 0 Å². The number of carbonyl (C=O) groups is 1. The predicted molar refractivity (Wildman–Crippen MR) is 76.6 cm³/mol. The number of halogens is 1. The highest BCUT2D eigenvalue weighted by Crippen LogP contribution is 2.18. The molecule has 2 N–H and O–H groups in total. The Hall–Kier alpha value is -2.65. The van der Waals surface area contributed by atoms with Crippen LogP contribution in [0.4, 0.5) is 17.3 Å². The van der Waals surface area contributed by atoms with Crippen LogP contribution in [0.5, 0.6) is 0 Å². The van der Waals surface area contributed by atoms with Crippen molar-refractivity contribution < 1.29 is 4.79 Å². The summed E-state index contributed by atoms with van der Waals surface area (Å²) in [7, 11) is 0. The third kappa shape index (κ3) is 3.93. The number of hydrogen-bond acceptors (Lipinski definition) is 5. The summed E-state index contributed by atoms with van der Waals surface area (Å²) < 4.78 is 0. The molecular weight excluding hydrogens is 278 g/mol. The van der Waals surface area contributed by atoms with Gasteiger partial charge in [-0.3, -0.25) is 4.79 Å². The molecule has 6 nitrogen and oxygen atoms in total. The second-order valence-electron chi connectivity index (χ2n) is 3.61. The van der Waals surface area contributed by atoms with E-state index >= 15 is 0 Å². The zero-order valence-corrected chi connectivity index (χ0v) is 11.3. The van der Waals surface area contributed by atoms with E-state index in [2.05, 4.69) is 37.4 Å². The van der Waals surface area contributed by atoms with Crippen molar-refractivity contribution in [3.8, 4) is 11.8 Å². The smallest absolute Gasteiger partial charge is 0.300 e. The normalized spacial score (nSPS) is 9.30. The van der Waals surface area contributed by atoms with Gasteiger partial charge in [0.1, 0.15) is 6.33 Å². The van der Waals surface area contributed by atoms with E-state index in [0.29, 0.717) is 17.3 Å². The molecule has 0 spiro atoms. The lowest BCUT2D eigenvalue weighted by Gasteiger charge is -2.06. The Bertz CT molecular complexity index is 692. The molecule has 0 saturated heterocycles. The molecule has 0 unspecified atom stereocenters. The second-order valence-corrected chi connectivity index (χ2v) is 3.95. The number of nitrogens with zero attached hydrogens (tertiary/aromatic N) is 3. The first kappa shape index (κ1) is 13.8. The number of anilines is 3. The van der Waals surface area contributed by atoms with E-state index in [1.165, 1.54) is 6.33 Å². The minimum atomic E-state index is -0.368. The average Bonchev–Trinajstić information content (AvgIpc) is 2.39. The van der Waals surface area contributed by atoms with E-state index in [0.717, 1.165) is 0 Å². The van der Waals surface area contributed by atoms with Gasteiger partial charge >= 0.3 is 0 Å². The third-order valence-electron chi connectivity index (χ3n) is 2.16. The topological polar surface area (TPSA) is 79.8 Å². The molecule has 2 rings (SSSR count). The highest BCUT2D eigenvalue weighted by atomic mass is 35.5. The summed E-state index contributed by atoms with van der Waals surface area (Å²) in [6.45, 7) is 1.60. The van der Waals surface area contributed by atoms with Gasteiger partial charge in [-0.25, -0.2) is 9.97 Å². The summed E-state index contributed by atoms with van der Waals surface area (Å²) >= 11 is 5.67. The van der Waals surface area contributed by atoms with Crippen LogP contribution in [0.2, 0.25) is 5.28 Å². The molecule has 0 fully saturated rings. The number of benzene rings is 1. The summed E-state index contributed by atoms with van der Waals surface area (Å²) in [5.41, 5.74) is 1.32. The Morgan fingerprint density at radius 2 is 2.10 bits per heavy atom. The fourth-order valence-corrected chi connectivity index (χ4v) is 1.54. The SMILES string of the molecule is CC#CC(=O)Nc1cccc(Nc2ncnc(Cl)n2)c1. The van der Waals surface area contributed by atoms with Crippen molar-refractivity contribution in [3.63, 3.8) is 0 Å². The number of nitrogens with one attached hydrogen (secondary N) is 2. The number of carbonyl (C=O) groups excluding carboxylic acids is 1. The number of aromatic nitrogens is 3. The van der Waals surface area contributed by atoms with Crippen LogP contribution in [0.15, 0.2) is 30.6 Å². The van der Waals surface area contributed by atoms with Crippen LogP contribution >= 0.6 is 11.6 Å². The van der Waals surface area contributed by atoms with Gasteiger partial charge in [0.05, 0.1) is 0 Å². The zero-order valence-electron chi connectivity index (χ0n) is 10.5. The van der Waals surface area contributed by atoms with Crippen molar-refractivity contribution >= 4 is 34.8 Å². The minimum Gasteiger partial charge on any atom is -0.324 e. The van der Waals surface area contributed by atoms with Crippen molar-refractivity contribution in [2.75, 3.05) is 10.6 Å². The molecule has 0 aliphatic rings. The van der Waals surface area contributed by atoms with Gasteiger partial charge in [-0.15, -0.1) is 0 Å². The first-order valence-corrected chi connectivity index (χ1v) is 6.00. The fourth-order valence-electron chi connectivity index (χ4n) is 1.42. The maximum absolute atomic E-state index is 11.4. The lowest BCUT2D eigenvalue weighted by atomic mass is 10.2. The molecule has 1 amide bonds. The van der Waals surface area contributed by atoms with E-state index in [1.54, 1.807) is 31.2 Å². The van der Waals surface area contributed by atoms with Crippen LogP contribution in [-0.4, -0.2) is 20.9 Å². The molecule has 0 radical (unpaired) electrons. The van der Waals surface area contributed by atoms with Crippen molar-refractivity contribution in [2.45, 2.75) is 6.92 Å². The lowest BCUT2D eigenvalue weighted by Crippen LogP contribution is -2.08. The monoisotopic (exact) mass is 287 g/mol. The number of amides is 1. The zero-order chi connectivity index (χ0) is 14.4. The Morgan fingerprint density at radius 3 is 2.85 bits per heavy atom. The van der Waals surface area contributed by atoms with Crippen molar-refractivity contribution in [3.05, 3.63) is 35.9 Å². The van der Waals surface area contributed by atoms with Gasteiger partial charge in [0.15, 0.2) is 0 Å². The maximum Gasteiger partial charge on any atom is 0.300 e. The van der Waals surface area contributed by atoms with Gasteiger partial charge in [0.25, 0.3) is 5.91 Å². The van der Waals surface area contributed by atoms with Crippen molar-refractivity contribution in [1.29, 1.82) is 0 Å². The summed E-state index contributed by atoms with van der Waals surface area (Å²) in [4.78, 5) is 22.9. The first-order chi connectivity index (χ1) is 9.67. The molecule has 100 valence electrons. The van der Waals surface area contributed by atoms with Crippen LogP contribution in [0, 0.1) is 11.8 Å². The molecule has 0 saturated carbocycles. The number of hydrogen-bond donors (Lipinski definition) is 2. The van der Waals surface area contributed by atoms with Crippen LogP contribution < -0.4 is 10.6 Å². The van der Waals surface area contributed by atoms with Gasteiger partial charge in [0.2, 0.25) is 11.2 Å². The molecule has 1 aromatic heterocycles. The van der Waals surface area contributed by atoms with Crippen molar-refractivity contribution in [1.82, 2.24) is 15.0 Å². The lowest BCUT2D eigenvalue weighted by molar-refractivity contribution is -0.111. The van der Waals surface area contributed by atoms with Crippen molar-refractivity contribution in [2.24, 2.45) is 0 Å². The average molecular weight is 288 g/mol. The summed E-state index contributed by atoms with van der Waals surface area (Å²) in [5, 5.41) is 5.71. The largest absolute Gasteiger partial charge is 0.324 e. The van der Waals surface area contributed by atoms with E-state index in [-0.39, 0.29) is 11.2 Å². The van der Waals surface area contributed by atoms with E-state index in [1.807, 2.05) is 0 Å². The molecule has 1 heterocycles. The Kier molecular flexibility index (Phi) is 4.47. The molecule has 0 aliphatic carbocycles. The second kappa shape index (κ2) is 6.50. The van der Waals surface area contributed by atoms with Gasteiger partial charge in [0, 0.05) is 11.4 Å². The van der Waals surface area contributed by atoms with Gasteiger partial charge in [-0.1, -0.05) is 12.0 Å². The molecular formula is C13H10ClN5O. The Morgan fingerprint density at radius 1 is 1.30 bits per heavy atom. The Labute approximate surface area is 120 Å². The van der Waals surface area contributed by atoms with E-state index < -0.39 is 0 Å². The molecule has 1 aromatic carbocycles. The Balaban J connectivity index is 2.13. The summed E-state index contributed by atoms with van der Waals surface area (Å²) in [5.74, 6) is 4.88. The van der Waals surface area contributed by atoms with Crippen LogP contribution in [0.3, 0.4) is 0 Å². The summed E-state index contributed by atoms with van der Waals surface area (Å²) in [6.07, 6.45) is 1.31. The molecule has 2 aromatic rings. The van der Waals surface area contributed by atoms with E-state index in [4.69, 9.17) is 11.6 Å². The van der Waals surface area contributed by atoms with Gasteiger partial charge in [-0.2, -0.15) is 4.98 Å². The minimum absolute atomic E-state index is 0.102. The van der Waals surface area contributed by atoms with Crippen LogP contribution in [-0.2, 0) is 4.79 Å². The van der Waals surface area contributed by atoms with Crippen LogP contribution in [0.1, 0.15) is 6.92 Å². The maximum atomic E-state index is 11.4. The number of rotatable bonds is 3. The highest BCUT2D eigenvalue weighted by molar-refractivity contribution is 6.28. The van der Waals surface area contributed by atoms with Gasteiger partial charge in [-0.05, 0) is 42.6 Å². The first-order valence-electron chi connectivity index (χ1n) is 5.63. The summed E-state index contributed by atoms with van der Waals surface area (Å²) in [6, 6.07) is 7.06. The van der Waals surface area contributed by atoms with Gasteiger partial charge < -0.3 is 10.6 Å². The molecule has 0 atom stereocenters. The molecule has 0 bridgehead atoms. The standard InChI is InChI=1S/C13H10ClN5O/c1-2-4-11(20)17-9-5-3-6-10(7-9)18-13-16-8-15-12(14)19-13/h3,5-8H,1H3,(H,17,20)(H,15,16,18,19). The fraction of sp³-hybridized carbons (Fsp3) is 0.0769. The quantitative estimate of drug-likeness (QED) is 0.846. The predicted octanol–water partition coefficient (Wildman–Crippen LogP) is 2.23. The van der Waals surface area contributed by atoms with E-state index in [9.17, 15) is 4.79 Å². The highest BCUT2D eigenvalue weighted by Gasteiger charge is 2.02. The molecule has 7 heteroatoms.